The van der Waals surface area contributed by atoms with E-state index >= 15 is 0 Å². The van der Waals surface area contributed by atoms with Crippen molar-refractivity contribution in [1.82, 2.24) is 10.2 Å². The van der Waals surface area contributed by atoms with Crippen molar-refractivity contribution in [3.8, 4) is 0 Å². The highest BCUT2D eigenvalue weighted by Gasteiger charge is 2.14. The molecule has 2 rings (SSSR count). The first-order valence-electron chi connectivity index (χ1n) is 6.31. The fraction of sp³-hybridized carbons (Fsp3) is 0.692. The molecule has 3 nitrogen and oxygen atoms in total. The van der Waals surface area contributed by atoms with Gasteiger partial charge in [-0.05, 0) is 45.5 Å². The molecule has 0 radical (unpaired) electrons. The Bertz CT molecular complexity index is 327. The predicted molar refractivity (Wildman–Crippen MR) is 65.3 cm³/mol. The van der Waals surface area contributed by atoms with Gasteiger partial charge < -0.3 is 9.73 Å². The Kier molecular flexibility index (Phi) is 4.02. The number of furan rings is 1. The minimum Gasteiger partial charge on any atom is -0.465 e. The molecule has 1 saturated heterocycles. The topological polar surface area (TPSA) is 28.4 Å². The molecule has 2 heterocycles. The van der Waals surface area contributed by atoms with Crippen molar-refractivity contribution in [3.05, 3.63) is 23.2 Å². The van der Waals surface area contributed by atoms with E-state index in [9.17, 15) is 0 Å². The molecule has 1 aliphatic heterocycles. The Morgan fingerprint density at radius 2 is 2.12 bits per heavy atom. The highest BCUT2D eigenvalue weighted by atomic mass is 16.3. The number of nitrogens with zero attached hydrogens (tertiary/aromatic N) is 1. The molecular weight excluding hydrogens is 200 g/mol. The average Bonchev–Trinajstić information content (AvgIpc) is 2.86. The lowest BCUT2D eigenvalue weighted by atomic mass is 10.2. The number of rotatable bonds is 5. The maximum Gasteiger partial charge on any atom is 0.118 e. The third-order valence-corrected chi connectivity index (χ3v) is 3.22. The number of hydrogen-bond donors (Lipinski definition) is 1. The van der Waals surface area contributed by atoms with E-state index in [2.05, 4.69) is 30.1 Å². The molecule has 0 aromatic carbocycles. The summed E-state index contributed by atoms with van der Waals surface area (Å²) in [7, 11) is 0. The highest BCUT2D eigenvalue weighted by molar-refractivity contribution is 5.20. The van der Waals surface area contributed by atoms with Crippen LogP contribution >= 0.6 is 0 Å². The minimum absolute atomic E-state index is 0.922. The van der Waals surface area contributed by atoms with Crippen LogP contribution in [0.2, 0.25) is 0 Å². The summed E-state index contributed by atoms with van der Waals surface area (Å²) >= 11 is 0. The molecule has 0 spiro atoms. The van der Waals surface area contributed by atoms with Crippen LogP contribution in [0.4, 0.5) is 0 Å². The van der Waals surface area contributed by atoms with Gasteiger partial charge in [-0.25, -0.2) is 0 Å². The van der Waals surface area contributed by atoms with Gasteiger partial charge in [0, 0.05) is 12.1 Å². The molecular formula is C13H22N2O. The van der Waals surface area contributed by atoms with Crippen molar-refractivity contribution < 1.29 is 4.42 Å². The number of nitrogens with one attached hydrogen (secondary N) is 1. The third-order valence-electron chi connectivity index (χ3n) is 3.22. The Morgan fingerprint density at radius 3 is 2.81 bits per heavy atom. The number of hydrogen-bond acceptors (Lipinski definition) is 3. The zero-order valence-electron chi connectivity index (χ0n) is 10.4. The van der Waals surface area contributed by atoms with Gasteiger partial charge in [0.05, 0.1) is 6.54 Å². The molecule has 0 aliphatic carbocycles. The maximum absolute atomic E-state index is 5.79. The van der Waals surface area contributed by atoms with Crippen molar-refractivity contribution >= 4 is 0 Å². The van der Waals surface area contributed by atoms with Gasteiger partial charge in [-0.1, -0.05) is 6.92 Å². The van der Waals surface area contributed by atoms with E-state index in [1.807, 2.05) is 0 Å². The molecule has 0 atom stereocenters. The maximum atomic E-state index is 5.79. The van der Waals surface area contributed by atoms with Gasteiger partial charge in [-0.2, -0.15) is 0 Å². The van der Waals surface area contributed by atoms with E-state index in [1.54, 1.807) is 0 Å². The normalized spacial score (nSPS) is 17.1. The predicted octanol–water partition coefficient (Wildman–Crippen LogP) is 2.29. The van der Waals surface area contributed by atoms with Crippen LogP contribution in [0.25, 0.3) is 0 Å². The first kappa shape index (κ1) is 11.7. The Labute approximate surface area is 97.8 Å². The highest BCUT2D eigenvalue weighted by Crippen LogP contribution is 2.18. The quantitative estimate of drug-likeness (QED) is 0.828. The zero-order chi connectivity index (χ0) is 11.4. The Hall–Kier alpha value is -0.800. The summed E-state index contributed by atoms with van der Waals surface area (Å²) in [5.74, 6) is 2.18. The Morgan fingerprint density at radius 1 is 1.38 bits per heavy atom. The zero-order valence-corrected chi connectivity index (χ0v) is 10.4. The molecule has 1 aromatic heterocycles. The fourth-order valence-electron chi connectivity index (χ4n) is 2.26. The van der Waals surface area contributed by atoms with E-state index in [1.165, 1.54) is 31.5 Å². The second-order valence-electron chi connectivity index (χ2n) is 4.56. The summed E-state index contributed by atoms with van der Waals surface area (Å²) in [6.07, 6.45) is 2.67. The lowest BCUT2D eigenvalue weighted by Gasteiger charge is -2.11. The summed E-state index contributed by atoms with van der Waals surface area (Å²) in [6.45, 7) is 9.54. The molecule has 1 aromatic rings. The molecule has 90 valence electrons. The summed E-state index contributed by atoms with van der Waals surface area (Å²) in [5.41, 5.74) is 1.30. The summed E-state index contributed by atoms with van der Waals surface area (Å²) in [6, 6.07) is 2.20. The van der Waals surface area contributed by atoms with Crippen LogP contribution in [-0.2, 0) is 13.1 Å². The van der Waals surface area contributed by atoms with Crippen LogP contribution in [0.1, 0.15) is 36.8 Å². The summed E-state index contributed by atoms with van der Waals surface area (Å²) in [5, 5.41) is 3.34. The van der Waals surface area contributed by atoms with Crippen molar-refractivity contribution in [2.45, 2.75) is 39.8 Å². The molecule has 1 fully saturated rings. The monoisotopic (exact) mass is 222 g/mol. The van der Waals surface area contributed by atoms with Crippen molar-refractivity contribution in [2.75, 3.05) is 19.6 Å². The van der Waals surface area contributed by atoms with E-state index in [0.717, 1.165) is 31.2 Å². The van der Waals surface area contributed by atoms with Gasteiger partial charge in [0.1, 0.15) is 11.5 Å². The first-order chi connectivity index (χ1) is 7.79. The second kappa shape index (κ2) is 5.51. The van der Waals surface area contributed by atoms with Crippen LogP contribution in [0.3, 0.4) is 0 Å². The van der Waals surface area contributed by atoms with E-state index in [0.29, 0.717) is 0 Å². The summed E-state index contributed by atoms with van der Waals surface area (Å²) in [4.78, 5) is 2.47. The Balaban J connectivity index is 1.93. The van der Waals surface area contributed by atoms with Gasteiger partial charge in [-0.15, -0.1) is 0 Å². The molecule has 16 heavy (non-hydrogen) atoms. The lowest BCUT2D eigenvalue weighted by molar-refractivity contribution is 0.294. The van der Waals surface area contributed by atoms with Crippen LogP contribution in [0.15, 0.2) is 10.5 Å². The van der Waals surface area contributed by atoms with Crippen molar-refractivity contribution in [1.29, 1.82) is 0 Å². The minimum atomic E-state index is 0.922. The van der Waals surface area contributed by atoms with Crippen LogP contribution < -0.4 is 5.32 Å². The summed E-state index contributed by atoms with van der Waals surface area (Å²) < 4.78 is 5.79. The van der Waals surface area contributed by atoms with Crippen LogP contribution in [0.5, 0.6) is 0 Å². The average molecular weight is 222 g/mol. The second-order valence-corrected chi connectivity index (χ2v) is 4.56. The first-order valence-corrected chi connectivity index (χ1v) is 6.31. The molecule has 3 heteroatoms. The van der Waals surface area contributed by atoms with Crippen LogP contribution in [0, 0.1) is 6.92 Å². The van der Waals surface area contributed by atoms with Crippen molar-refractivity contribution in [3.63, 3.8) is 0 Å². The standard InChI is InChI=1S/C13H22N2O/c1-3-14-9-12-8-13(16-11(12)2)10-15-6-4-5-7-15/h8,14H,3-7,9-10H2,1-2H3. The lowest BCUT2D eigenvalue weighted by Crippen LogP contribution is -2.17. The molecule has 1 aliphatic rings. The van der Waals surface area contributed by atoms with Gasteiger partial charge in [0.15, 0.2) is 0 Å². The van der Waals surface area contributed by atoms with Gasteiger partial charge in [0.25, 0.3) is 0 Å². The molecule has 0 bridgehead atoms. The SMILES string of the molecule is CCNCc1cc(CN2CCCC2)oc1C. The third kappa shape index (κ3) is 2.86. The van der Waals surface area contributed by atoms with Gasteiger partial charge in [0.2, 0.25) is 0 Å². The molecule has 0 unspecified atom stereocenters. The van der Waals surface area contributed by atoms with Gasteiger partial charge >= 0.3 is 0 Å². The van der Waals surface area contributed by atoms with E-state index in [4.69, 9.17) is 4.42 Å². The van der Waals surface area contributed by atoms with E-state index < -0.39 is 0 Å². The molecule has 1 N–H and O–H groups in total. The van der Waals surface area contributed by atoms with Crippen molar-refractivity contribution in [2.24, 2.45) is 0 Å². The van der Waals surface area contributed by atoms with Gasteiger partial charge in [-0.3, -0.25) is 4.90 Å². The largest absolute Gasteiger partial charge is 0.465 e. The molecule has 0 saturated carbocycles. The smallest absolute Gasteiger partial charge is 0.118 e. The molecule has 0 amide bonds. The fourth-order valence-corrected chi connectivity index (χ4v) is 2.26. The van der Waals surface area contributed by atoms with Crippen LogP contribution in [-0.4, -0.2) is 24.5 Å². The number of likely N-dealkylation sites (tertiary alicyclic amines) is 1. The van der Waals surface area contributed by atoms with E-state index in [-0.39, 0.29) is 0 Å². The number of aryl methyl sites for hydroxylation is 1.